The van der Waals surface area contributed by atoms with Gasteiger partial charge in [0.1, 0.15) is 0 Å². The number of rotatable bonds is 2. The lowest BCUT2D eigenvalue weighted by atomic mass is 9.87. The molecule has 1 saturated heterocycles. The summed E-state index contributed by atoms with van der Waals surface area (Å²) in [6, 6.07) is 8.42. The maximum Gasteiger partial charge on any atom is 0.223 e. The third kappa shape index (κ3) is 2.11. The quantitative estimate of drug-likeness (QED) is 0.871. The fourth-order valence-corrected chi connectivity index (χ4v) is 3.28. The largest absolute Gasteiger partial charge is 0.369 e. The zero-order valence-electron chi connectivity index (χ0n) is 10.8. The first-order valence-electron chi connectivity index (χ1n) is 6.83. The number of fused-ring (bicyclic) bond motifs is 1. The highest BCUT2D eigenvalue weighted by molar-refractivity contribution is 5.88. The second kappa shape index (κ2) is 4.68. The van der Waals surface area contributed by atoms with E-state index >= 15 is 0 Å². The topological polar surface area (TPSA) is 63.4 Å². The van der Waals surface area contributed by atoms with Crippen LogP contribution in [0.5, 0.6) is 0 Å². The molecule has 1 fully saturated rings. The minimum Gasteiger partial charge on any atom is -0.369 e. The van der Waals surface area contributed by atoms with Crippen LogP contribution in [0.3, 0.4) is 0 Å². The highest BCUT2D eigenvalue weighted by Crippen LogP contribution is 2.37. The van der Waals surface area contributed by atoms with Crippen LogP contribution in [0.25, 0.3) is 0 Å². The number of nitrogens with zero attached hydrogens (tertiary/aromatic N) is 1. The van der Waals surface area contributed by atoms with Gasteiger partial charge in [-0.2, -0.15) is 0 Å². The highest BCUT2D eigenvalue weighted by Gasteiger charge is 2.38. The molecule has 2 N–H and O–H groups in total. The molecule has 3 rings (SSSR count). The lowest BCUT2D eigenvalue weighted by molar-refractivity contribution is -0.130. The van der Waals surface area contributed by atoms with Crippen LogP contribution in [0.4, 0.5) is 0 Å². The van der Waals surface area contributed by atoms with Gasteiger partial charge < -0.3 is 10.6 Å². The SMILES string of the molecule is NC(=O)C1CC(=O)N([C@H]2CCCc3ccccc32)C1. The summed E-state index contributed by atoms with van der Waals surface area (Å²) in [6.45, 7) is 0.479. The van der Waals surface area contributed by atoms with Crippen LogP contribution < -0.4 is 5.73 Å². The molecule has 2 amide bonds. The zero-order chi connectivity index (χ0) is 13.4. The van der Waals surface area contributed by atoms with Crippen LogP contribution >= 0.6 is 0 Å². The van der Waals surface area contributed by atoms with Gasteiger partial charge in [0.25, 0.3) is 0 Å². The Bertz CT molecular complexity index is 527. The molecule has 0 radical (unpaired) electrons. The molecule has 4 nitrogen and oxygen atoms in total. The molecule has 0 saturated carbocycles. The van der Waals surface area contributed by atoms with Crippen molar-refractivity contribution in [3.05, 3.63) is 35.4 Å². The summed E-state index contributed by atoms with van der Waals surface area (Å²) < 4.78 is 0. The Morgan fingerprint density at radius 2 is 2.11 bits per heavy atom. The van der Waals surface area contributed by atoms with E-state index in [0.717, 1.165) is 19.3 Å². The van der Waals surface area contributed by atoms with E-state index in [0.29, 0.717) is 6.54 Å². The zero-order valence-corrected chi connectivity index (χ0v) is 10.8. The van der Waals surface area contributed by atoms with Gasteiger partial charge >= 0.3 is 0 Å². The van der Waals surface area contributed by atoms with Crippen LogP contribution in [-0.4, -0.2) is 23.3 Å². The van der Waals surface area contributed by atoms with Gasteiger partial charge in [0.2, 0.25) is 11.8 Å². The molecule has 0 aromatic heterocycles. The lowest BCUT2D eigenvalue weighted by Gasteiger charge is -2.33. The molecule has 1 aromatic rings. The Kier molecular flexibility index (Phi) is 3.01. The van der Waals surface area contributed by atoms with E-state index in [2.05, 4.69) is 12.1 Å². The molecule has 1 aliphatic carbocycles. The Balaban J connectivity index is 1.88. The lowest BCUT2D eigenvalue weighted by Crippen LogP contribution is -2.34. The predicted octanol–water partition coefficient (Wildman–Crippen LogP) is 1.40. The van der Waals surface area contributed by atoms with E-state index in [1.54, 1.807) is 0 Å². The highest BCUT2D eigenvalue weighted by atomic mass is 16.2. The van der Waals surface area contributed by atoms with Crippen LogP contribution in [0, 0.1) is 5.92 Å². The standard InChI is InChI=1S/C15H18N2O2/c16-15(19)11-8-14(18)17(9-11)13-7-3-5-10-4-1-2-6-12(10)13/h1-2,4,6,11,13H,3,5,7-9H2,(H2,16,19)/t11?,13-/m0/s1. The van der Waals surface area contributed by atoms with Crippen molar-refractivity contribution in [2.24, 2.45) is 11.7 Å². The van der Waals surface area contributed by atoms with Gasteiger partial charge in [-0.25, -0.2) is 0 Å². The minimum atomic E-state index is -0.361. The smallest absolute Gasteiger partial charge is 0.223 e. The molecule has 100 valence electrons. The maximum atomic E-state index is 12.1. The molecular weight excluding hydrogens is 240 g/mol. The normalized spacial score (nSPS) is 26.3. The van der Waals surface area contributed by atoms with Gasteiger partial charge in [0.15, 0.2) is 0 Å². The predicted molar refractivity (Wildman–Crippen MR) is 71.1 cm³/mol. The van der Waals surface area contributed by atoms with Gasteiger partial charge in [-0.15, -0.1) is 0 Å². The van der Waals surface area contributed by atoms with E-state index in [1.807, 2.05) is 17.0 Å². The van der Waals surface area contributed by atoms with Gasteiger partial charge in [0.05, 0.1) is 12.0 Å². The third-order valence-corrected chi connectivity index (χ3v) is 4.27. The molecule has 0 spiro atoms. The summed E-state index contributed by atoms with van der Waals surface area (Å²) in [7, 11) is 0. The summed E-state index contributed by atoms with van der Waals surface area (Å²) in [4.78, 5) is 25.2. The number of likely N-dealkylation sites (tertiary alicyclic amines) is 1. The van der Waals surface area contributed by atoms with Crippen molar-refractivity contribution in [3.63, 3.8) is 0 Å². The molecule has 2 atom stereocenters. The molecule has 1 aliphatic heterocycles. The van der Waals surface area contributed by atoms with Crippen molar-refractivity contribution in [1.29, 1.82) is 0 Å². The molecule has 19 heavy (non-hydrogen) atoms. The number of hydrogen-bond acceptors (Lipinski definition) is 2. The summed E-state index contributed by atoms with van der Waals surface area (Å²) in [5, 5.41) is 0. The Morgan fingerprint density at radius 3 is 2.84 bits per heavy atom. The number of hydrogen-bond donors (Lipinski definition) is 1. The molecule has 1 unspecified atom stereocenters. The van der Waals surface area contributed by atoms with Crippen LogP contribution in [-0.2, 0) is 16.0 Å². The number of amides is 2. The summed E-state index contributed by atoms with van der Waals surface area (Å²) in [5.74, 6) is -0.618. The van der Waals surface area contributed by atoms with Crippen molar-refractivity contribution < 1.29 is 9.59 Å². The van der Waals surface area contributed by atoms with Crippen molar-refractivity contribution in [3.8, 4) is 0 Å². The fourth-order valence-electron chi connectivity index (χ4n) is 3.28. The van der Waals surface area contributed by atoms with Gasteiger partial charge in [-0.3, -0.25) is 9.59 Å². The number of nitrogens with two attached hydrogens (primary N) is 1. The average Bonchev–Trinajstić information content (AvgIpc) is 2.80. The first-order valence-corrected chi connectivity index (χ1v) is 6.83. The van der Waals surface area contributed by atoms with Gasteiger partial charge in [-0.05, 0) is 30.4 Å². The molecular formula is C15H18N2O2. The summed E-state index contributed by atoms with van der Waals surface area (Å²) in [6.07, 6.45) is 3.42. The van der Waals surface area contributed by atoms with Gasteiger partial charge in [0, 0.05) is 13.0 Å². The first-order chi connectivity index (χ1) is 9.16. The summed E-state index contributed by atoms with van der Waals surface area (Å²) in [5.41, 5.74) is 7.90. The van der Waals surface area contributed by atoms with E-state index in [4.69, 9.17) is 5.73 Å². The number of primary amides is 1. The second-order valence-corrected chi connectivity index (χ2v) is 5.46. The van der Waals surface area contributed by atoms with Crippen LogP contribution in [0.2, 0.25) is 0 Å². The van der Waals surface area contributed by atoms with Gasteiger partial charge in [-0.1, -0.05) is 24.3 Å². The van der Waals surface area contributed by atoms with E-state index in [9.17, 15) is 9.59 Å². The monoisotopic (exact) mass is 258 g/mol. The number of benzene rings is 1. The van der Waals surface area contributed by atoms with Crippen LogP contribution in [0.15, 0.2) is 24.3 Å². The van der Waals surface area contributed by atoms with Crippen molar-refractivity contribution in [1.82, 2.24) is 4.90 Å². The van der Waals surface area contributed by atoms with Crippen molar-refractivity contribution in [2.75, 3.05) is 6.54 Å². The Morgan fingerprint density at radius 1 is 1.32 bits per heavy atom. The second-order valence-electron chi connectivity index (χ2n) is 5.46. The molecule has 2 aliphatic rings. The van der Waals surface area contributed by atoms with Crippen molar-refractivity contribution >= 4 is 11.8 Å². The number of carbonyl (C=O) groups excluding carboxylic acids is 2. The number of aryl methyl sites for hydroxylation is 1. The minimum absolute atomic E-state index is 0.0607. The third-order valence-electron chi connectivity index (χ3n) is 4.27. The van der Waals surface area contributed by atoms with E-state index in [-0.39, 0.29) is 30.2 Å². The fraction of sp³-hybridized carbons (Fsp3) is 0.467. The molecule has 0 bridgehead atoms. The Hall–Kier alpha value is -1.84. The average molecular weight is 258 g/mol. The summed E-state index contributed by atoms with van der Waals surface area (Å²) >= 11 is 0. The maximum absolute atomic E-state index is 12.1. The Labute approximate surface area is 112 Å². The van der Waals surface area contributed by atoms with Crippen LogP contribution in [0.1, 0.15) is 36.4 Å². The first kappa shape index (κ1) is 12.2. The van der Waals surface area contributed by atoms with E-state index < -0.39 is 0 Å². The number of carbonyl (C=O) groups is 2. The molecule has 4 heteroatoms. The van der Waals surface area contributed by atoms with E-state index in [1.165, 1.54) is 11.1 Å². The van der Waals surface area contributed by atoms with Crippen molar-refractivity contribution in [2.45, 2.75) is 31.7 Å². The molecule has 1 aromatic carbocycles. The molecule has 1 heterocycles.